The zero-order valence-corrected chi connectivity index (χ0v) is 15.7. The van der Waals surface area contributed by atoms with E-state index in [0.717, 1.165) is 11.3 Å². The summed E-state index contributed by atoms with van der Waals surface area (Å²) in [6.07, 6.45) is 1.67. The number of ether oxygens (including phenoxy) is 2. The number of para-hydroxylation sites is 1. The molecule has 1 amide bonds. The molecule has 3 aromatic rings. The van der Waals surface area contributed by atoms with Crippen molar-refractivity contribution in [1.29, 1.82) is 0 Å². The van der Waals surface area contributed by atoms with Crippen molar-refractivity contribution in [2.75, 3.05) is 20.2 Å². The molecule has 2 heterocycles. The highest BCUT2D eigenvalue weighted by Gasteiger charge is 2.21. The predicted octanol–water partition coefficient (Wildman–Crippen LogP) is 2.23. The molecule has 8 nitrogen and oxygen atoms in total. The molecule has 146 valence electrons. The Morgan fingerprint density at radius 3 is 2.59 bits per heavy atom. The van der Waals surface area contributed by atoms with Crippen molar-refractivity contribution in [3.8, 4) is 22.7 Å². The highest BCUT2D eigenvalue weighted by atomic mass is 16.6. The number of methoxy groups -OCH3 is 1. The zero-order valence-electron chi connectivity index (χ0n) is 15.7. The van der Waals surface area contributed by atoms with Crippen LogP contribution in [0.3, 0.4) is 0 Å². The maximum atomic E-state index is 12.9. The van der Waals surface area contributed by atoms with Crippen LogP contribution in [0.1, 0.15) is 10.4 Å². The number of aromatic nitrogens is 2. The fourth-order valence-electron chi connectivity index (χ4n) is 2.91. The molecule has 0 saturated heterocycles. The molecular formula is C21H18N4O4. The van der Waals surface area contributed by atoms with Crippen LogP contribution >= 0.6 is 0 Å². The molecule has 0 radical (unpaired) electrons. The zero-order chi connectivity index (χ0) is 20.2. The van der Waals surface area contributed by atoms with Crippen LogP contribution in [0, 0.1) is 0 Å². The molecule has 1 aromatic heterocycles. The van der Waals surface area contributed by atoms with Crippen LogP contribution in [0.25, 0.3) is 16.9 Å². The van der Waals surface area contributed by atoms with Gasteiger partial charge in [0.15, 0.2) is 0 Å². The molecule has 0 bridgehead atoms. The Morgan fingerprint density at radius 2 is 1.93 bits per heavy atom. The normalized spacial score (nSPS) is 13.0. The maximum absolute atomic E-state index is 12.9. The van der Waals surface area contributed by atoms with Crippen LogP contribution in [0.5, 0.6) is 5.75 Å². The predicted molar refractivity (Wildman–Crippen MR) is 106 cm³/mol. The summed E-state index contributed by atoms with van der Waals surface area (Å²) in [5.41, 5.74) is 2.52. The van der Waals surface area contributed by atoms with E-state index in [1.165, 1.54) is 0 Å². The van der Waals surface area contributed by atoms with Gasteiger partial charge >= 0.3 is 5.97 Å². The minimum atomic E-state index is -0.426. The minimum absolute atomic E-state index is 0.0196. The Hall–Kier alpha value is -3.94. The number of aliphatic imine (C=N–C) groups is 1. The number of carbonyl (C=O) groups is 2. The third kappa shape index (κ3) is 4.01. The average molecular weight is 390 g/mol. The van der Waals surface area contributed by atoms with Crippen molar-refractivity contribution in [3.63, 3.8) is 0 Å². The van der Waals surface area contributed by atoms with Crippen molar-refractivity contribution in [3.05, 3.63) is 66.4 Å². The van der Waals surface area contributed by atoms with Crippen LogP contribution in [0.15, 0.2) is 65.8 Å². The summed E-state index contributed by atoms with van der Waals surface area (Å²) in [6.45, 7) is 0.0113. The van der Waals surface area contributed by atoms with Crippen molar-refractivity contribution in [1.82, 2.24) is 15.1 Å². The molecule has 1 aliphatic heterocycles. The second-order valence-electron chi connectivity index (χ2n) is 6.27. The summed E-state index contributed by atoms with van der Waals surface area (Å²) in [6, 6.07) is 16.8. The Bertz CT molecular complexity index is 1070. The summed E-state index contributed by atoms with van der Waals surface area (Å²) in [5, 5.41) is 7.35. The van der Waals surface area contributed by atoms with Crippen molar-refractivity contribution in [2.24, 2.45) is 4.99 Å². The van der Waals surface area contributed by atoms with Crippen molar-refractivity contribution in [2.45, 2.75) is 0 Å². The van der Waals surface area contributed by atoms with Gasteiger partial charge < -0.3 is 14.8 Å². The second kappa shape index (κ2) is 7.97. The molecule has 0 atom stereocenters. The molecule has 1 N–H and O–H groups in total. The number of hydrogen-bond acceptors (Lipinski definition) is 6. The van der Waals surface area contributed by atoms with Crippen LogP contribution in [0.4, 0.5) is 0 Å². The Kier molecular flexibility index (Phi) is 5.07. The van der Waals surface area contributed by atoms with Gasteiger partial charge in [-0.2, -0.15) is 5.10 Å². The molecule has 2 aromatic carbocycles. The van der Waals surface area contributed by atoms with Crippen LogP contribution in [-0.4, -0.2) is 47.8 Å². The van der Waals surface area contributed by atoms with E-state index in [-0.39, 0.29) is 24.9 Å². The second-order valence-corrected chi connectivity index (χ2v) is 6.27. The standard InChI is InChI=1S/C21H18N4O4/c1-28-16-9-7-14(8-10-16)20-17(13-25(24-20)15-5-3-2-4-6-15)21(27)23-11-18-22-12-19(26)29-18/h2-10,13H,11-12H2,1H3,(H,23,27). The molecule has 0 unspecified atom stereocenters. The number of nitrogens with one attached hydrogen (secondary N) is 1. The SMILES string of the molecule is COc1ccc(-c2nn(-c3ccccc3)cc2C(=O)NCC2=NCC(=O)O2)cc1. The first-order valence-corrected chi connectivity index (χ1v) is 8.96. The summed E-state index contributed by atoms with van der Waals surface area (Å²) in [7, 11) is 1.59. The summed E-state index contributed by atoms with van der Waals surface area (Å²) in [5.74, 6) is 0.141. The Balaban J connectivity index is 1.65. The topological polar surface area (TPSA) is 94.8 Å². The highest BCUT2D eigenvalue weighted by Crippen LogP contribution is 2.26. The fraction of sp³-hybridized carbons (Fsp3) is 0.143. The van der Waals surface area contributed by atoms with E-state index in [1.54, 1.807) is 18.0 Å². The summed E-state index contributed by atoms with van der Waals surface area (Å²) < 4.78 is 11.8. The Morgan fingerprint density at radius 1 is 1.17 bits per heavy atom. The lowest BCUT2D eigenvalue weighted by atomic mass is 10.1. The van der Waals surface area contributed by atoms with Gasteiger partial charge in [0.1, 0.15) is 18.0 Å². The number of rotatable bonds is 6. The molecule has 29 heavy (non-hydrogen) atoms. The maximum Gasteiger partial charge on any atom is 0.334 e. The van der Waals surface area contributed by atoms with E-state index in [1.807, 2.05) is 54.6 Å². The van der Waals surface area contributed by atoms with Gasteiger partial charge in [0.25, 0.3) is 5.91 Å². The van der Waals surface area contributed by atoms with Gasteiger partial charge in [-0.15, -0.1) is 0 Å². The molecule has 8 heteroatoms. The van der Waals surface area contributed by atoms with E-state index in [9.17, 15) is 9.59 Å². The van der Waals surface area contributed by atoms with Gasteiger partial charge in [-0.25, -0.2) is 14.5 Å². The van der Waals surface area contributed by atoms with E-state index in [2.05, 4.69) is 15.4 Å². The quantitative estimate of drug-likeness (QED) is 0.652. The first-order chi connectivity index (χ1) is 14.1. The third-order valence-corrected chi connectivity index (χ3v) is 4.36. The molecular weight excluding hydrogens is 372 g/mol. The first-order valence-electron chi connectivity index (χ1n) is 8.96. The van der Waals surface area contributed by atoms with Gasteiger partial charge in [-0.1, -0.05) is 18.2 Å². The van der Waals surface area contributed by atoms with Gasteiger partial charge in [-0.05, 0) is 36.4 Å². The highest BCUT2D eigenvalue weighted by molar-refractivity contribution is 6.03. The Labute approximate surface area is 166 Å². The number of esters is 1. The molecule has 0 aliphatic carbocycles. The van der Waals surface area contributed by atoms with Gasteiger partial charge in [0.2, 0.25) is 5.90 Å². The van der Waals surface area contributed by atoms with Crippen LogP contribution in [-0.2, 0) is 9.53 Å². The van der Waals surface area contributed by atoms with Gasteiger partial charge in [0.05, 0.1) is 24.9 Å². The fourth-order valence-corrected chi connectivity index (χ4v) is 2.91. The number of amides is 1. The number of cyclic esters (lactones) is 1. The lowest BCUT2D eigenvalue weighted by Gasteiger charge is -2.05. The molecule has 0 spiro atoms. The van der Waals surface area contributed by atoms with Gasteiger partial charge in [0, 0.05) is 11.8 Å². The van der Waals surface area contributed by atoms with Crippen molar-refractivity contribution >= 4 is 17.8 Å². The smallest absolute Gasteiger partial charge is 0.334 e. The molecule has 0 saturated carbocycles. The summed E-state index contributed by atoms with van der Waals surface area (Å²) >= 11 is 0. The number of carbonyl (C=O) groups excluding carboxylic acids is 2. The van der Waals surface area contributed by atoms with Crippen LogP contribution in [0.2, 0.25) is 0 Å². The lowest BCUT2D eigenvalue weighted by molar-refractivity contribution is -0.132. The van der Waals surface area contributed by atoms with Crippen LogP contribution < -0.4 is 10.1 Å². The van der Waals surface area contributed by atoms with E-state index < -0.39 is 5.97 Å². The monoisotopic (exact) mass is 390 g/mol. The lowest BCUT2D eigenvalue weighted by Crippen LogP contribution is -2.30. The molecule has 4 rings (SSSR count). The first kappa shape index (κ1) is 18.4. The average Bonchev–Trinajstić information content (AvgIpc) is 3.39. The van der Waals surface area contributed by atoms with E-state index in [4.69, 9.17) is 9.47 Å². The van der Waals surface area contributed by atoms with Crippen molar-refractivity contribution < 1.29 is 19.1 Å². The number of benzene rings is 2. The third-order valence-electron chi connectivity index (χ3n) is 4.36. The van der Waals surface area contributed by atoms with E-state index >= 15 is 0 Å². The number of hydrogen-bond donors (Lipinski definition) is 1. The molecule has 0 fully saturated rings. The number of nitrogens with zero attached hydrogens (tertiary/aromatic N) is 3. The molecule has 1 aliphatic rings. The van der Waals surface area contributed by atoms with E-state index in [0.29, 0.717) is 17.0 Å². The minimum Gasteiger partial charge on any atom is -0.497 e. The van der Waals surface area contributed by atoms with Gasteiger partial charge in [-0.3, -0.25) is 4.79 Å². The summed E-state index contributed by atoms with van der Waals surface area (Å²) in [4.78, 5) is 27.9. The largest absolute Gasteiger partial charge is 0.497 e.